The molecule has 0 aliphatic rings. The molecule has 0 saturated carbocycles. The van der Waals surface area contributed by atoms with Crippen LogP contribution in [0.2, 0.25) is 0 Å². The van der Waals surface area contributed by atoms with Crippen molar-refractivity contribution in [1.29, 1.82) is 0 Å². The fourth-order valence-corrected chi connectivity index (χ4v) is 1.78. The molecule has 0 aromatic heterocycles. The van der Waals surface area contributed by atoms with Crippen molar-refractivity contribution in [2.75, 3.05) is 13.2 Å². The minimum Gasteiger partial charge on any atom is -0.463 e. The van der Waals surface area contributed by atoms with Gasteiger partial charge in [0.05, 0.1) is 6.61 Å². The number of hydrogen-bond donors (Lipinski definition) is 0. The maximum absolute atomic E-state index is 11.2. The predicted molar refractivity (Wildman–Crippen MR) is 79.3 cm³/mol. The van der Waals surface area contributed by atoms with Gasteiger partial charge in [0.25, 0.3) is 0 Å². The van der Waals surface area contributed by atoms with Crippen molar-refractivity contribution in [1.82, 2.24) is 0 Å². The van der Waals surface area contributed by atoms with Crippen LogP contribution in [0.5, 0.6) is 0 Å². The molecule has 0 atom stereocenters. The fourth-order valence-electron chi connectivity index (χ4n) is 1.78. The van der Waals surface area contributed by atoms with Gasteiger partial charge in [-0.1, -0.05) is 57.9 Å². The van der Waals surface area contributed by atoms with Crippen molar-refractivity contribution in [3.05, 3.63) is 12.2 Å². The summed E-state index contributed by atoms with van der Waals surface area (Å²) in [6.07, 6.45) is 12.5. The molecule has 0 bridgehead atoms. The van der Waals surface area contributed by atoms with E-state index in [1.54, 1.807) is 13.0 Å². The van der Waals surface area contributed by atoms with Crippen LogP contribution in [0.4, 0.5) is 0 Å². The molecule has 0 N–H and O–H groups in total. The van der Waals surface area contributed by atoms with Crippen molar-refractivity contribution < 1.29 is 19.1 Å². The van der Waals surface area contributed by atoms with Crippen LogP contribution in [0.3, 0.4) is 0 Å². The van der Waals surface area contributed by atoms with Crippen LogP contribution in [0.1, 0.15) is 65.2 Å². The van der Waals surface area contributed by atoms with Crippen molar-refractivity contribution in [2.45, 2.75) is 65.2 Å². The van der Waals surface area contributed by atoms with E-state index >= 15 is 0 Å². The Morgan fingerprint density at radius 3 is 2.10 bits per heavy atom. The summed E-state index contributed by atoms with van der Waals surface area (Å²) in [4.78, 5) is 22.2. The van der Waals surface area contributed by atoms with Crippen LogP contribution in [0.15, 0.2) is 12.2 Å². The Morgan fingerprint density at radius 2 is 1.50 bits per heavy atom. The van der Waals surface area contributed by atoms with Gasteiger partial charge in [-0.05, 0) is 13.3 Å². The third kappa shape index (κ3) is 13.1. The fraction of sp³-hybridized carbons (Fsp3) is 0.750. The van der Waals surface area contributed by atoms with Crippen molar-refractivity contribution in [2.24, 2.45) is 0 Å². The normalized spacial score (nSPS) is 10.7. The maximum Gasteiger partial charge on any atom is 0.344 e. The van der Waals surface area contributed by atoms with Crippen LogP contribution in [0, 0.1) is 0 Å². The SMILES string of the molecule is C/C=C/C(=O)OCC(=O)OCCCCCCCCCC. The molecule has 0 aliphatic heterocycles. The zero-order valence-electron chi connectivity index (χ0n) is 12.9. The third-order valence-electron chi connectivity index (χ3n) is 2.90. The Hall–Kier alpha value is -1.32. The van der Waals surface area contributed by atoms with Crippen LogP contribution in [0.25, 0.3) is 0 Å². The Morgan fingerprint density at radius 1 is 0.900 bits per heavy atom. The average Bonchev–Trinajstić information content (AvgIpc) is 2.43. The highest BCUT2D eigenvalue weighted by Gasteiger charge is 2.05. The summed E-state index contributed by atoms with van der Waals surface area (Å²) in [7, 11) is 0. The van der Waals surface area contributed by atoms with Gasteiger partial charge in [-0.3, -0.25) is 0 Å². The van der Waals surface area contributed by atoms with E-state index in [1.807, 2.05) is 0 Å². The monoisotopic (exact) mass is 284 g/mol. The van der Waals surface area contributed by atoms with Gasteiger partial charge in [0, 0.05) is 6.08 Å². The van der Waals surface area contributed by atoms with E-state index in [4.69, 9.17) is 4.74 Å². The van der Waals surface area contributed by atoms with E-state index in [1.165, 1.54) is 44.6 Å². The zero-order chi connectivity index (χ0) is 15.1. The van der Waals surface area contributed by atoms with Crippen LogP contribution < -0.4 is 0 Å². The summed E-state index contributed by atoms with van der Waals surface area (Å²) in [5, 5.41) is 0. The molecule has 20 heavy (non-hydrogen) atoms. The van der Waals surface area contributed by atoms with E-state index in [-0.39, 0.29) is 6.61 Å². The van der Waals surface area contributed by atoms with E-state index < -0.39 is 11.9 Å². The molecule has 0 fully saturated rings. The van der Waals surface area contributed by atoms with Gasteiger partial charge in [0.1, 0.15) is 0 Å². The highest BCUT2D eigenvalue weighted by atomic mass is 16.6. The van der Waals surface area contributed by atoms with E-state index in [9.17, 15) is 9.59 Å². The van der Waals surface area contributed by atoms with Gasteiger partial charge in [-0.25, -0.2) is 9.59 Å². The molecule has 0 saturated heterocycles. The first kappa shape index (κ1) is 18.7. The summed E-state index contributed by atoms with van der Waals surface area (Å²) in [6.45, 7) is 4.03. The Balaban J connectivity index is 3.29. The van der Waals surface area contributed by atoms with Crippen molar-refractivity contribution >= 4 is 11.9 Å². The lowest BCUT2D eigenvalue weighted by molar-refractivity contribution is -0.156. The van der Waals surface area contributed by atoms with Crippen molar-refractivity contribution in [3.8, 4) is 0 Å². The topological polar surface area (TPSA) is 52.6 Å². The summed E-state index contributed by atoms with van der Waals surface area (Å²) in [6, 6.07) is 0. The van der Waals surface area contributed by atoms with Gasteiger partial charge in [-0.15, -0.1) is 0 Å². The summed E-state index contributed by atoms with van der Waals surface area (Å²) in [5.41, 5.74) is 0. The molecule has 4 heteroatoms. The smallest absolute Gasteiger partial charge is 0.344 e. The molecule has 0 aromatic carbocycles. The van der Waals surface area contributed by atoms with E-state index in [0.717, 1.165) is 12.8 Å². The third-order valence-corrected chi connectivity index (χ3v) is 2.90. The number of unbranched alkanes of at least 4 members (excludes halogenated alkanes) is 7. The minimum absolute atomic E-state index is 0.305. The number of allylic oxidation sites excluding steroid dienone is 1. The largest absolute Gasteiger partial charge is 0.463 e. The molecule has 0 rings (SSSR count). The second-order valence-corrected chi connectivity index (χ2v) is 4.80. The second-order valence-electron chi connectivity index (χ2n) is 4.80. The average molecular weight is 284 g/mol. The van der Waals surface area contributed by atoms with Gasteiger partial charge in [0.2, 0.25) is 0 Å². The molecule has 4 nitrogen and oxygen atoms in total. The highest BCUT2D eigenvalue weighted by molar-refractivity contribution is 5.84. The van der Waals surface area contributed by atoms with Crippen LogP contribution in [-0.4, -0.2) is 25.2 Å². The maximum atomic E-state index is 11.2. The van der Waals surface area contributed by atoms with Gasteiger partial charge < -0.3 is 9.47 Å². The lowest BCUT2D eigenvalue weighted by Gasteiger charge is -2.05. The van der Waals surface area contributed by atoms with Crippen LogP contribution >= 0.6 is 0 Å². The zero-order valence-corrected chi connectivity index (χ0v) is 12.9. The molecule has 0 unspecified atom stereocenters. The molecule has 0 radical (unpaired) electrons. The molecule has 0 aliphatic carbocycles. The first-order chi connectivity index (χ1) is 9.70. The number of hydrogen-bond acceptors (Lipinski definition) is 4. The molecule has 0 amide bonds. The molecule has 0 spiro atoms. The summed E-state index contributed by atoms with van der Waals surface area (Å²) < 4.78 is 9.65. The first-order valence-corrected chi connectivity index (χ1v) is 7.65. The van der Waals surface area contributed by atoms with Gasteiger partial charge in [-0.2, -0.15) is 0 Å². The van der Waals surface area contributed by atoms with E-state index in [0.29, 0.717) is 6.61 Å². The molecule has 0 aromatic rings. The van der Waals surface area contributed by atoms with Gasteiger partial charge in [0.15, 0.2) is 6.61 Å². The number of ether oxygens (including phenoxy) is 2. The summed E-state index contributed by atoms with van der Waals surface area (Å²) >= 11 is 0. The standard InChI is InChI=1S/C16H28O4/c1-3-5-6-7-8-9-10-11-13-19-16(18)14-20-15(17)12-4-2/h4,12H,3,5-11,13-14H2,1-2H3/b12-4+. The first-order valence-electron chi connectivity index (χ1n) is 7.65. The van der Waals surface area contributed by atoms with Crippen molar-refractivity contribution in [3.63, 3.8) is 0 Å². The number of carbonyl (C=O) groups is 2. The molecule has 0 heterocycles. The highest BCUT2D eigenvalue weighted by Crippen LogP contribution is 2.08. The van der Waals surface area contributed by atoms with Gasteiger partial charge >= 0.3 is 11.9 Å². The molecular formula is C16H28O4. The molecular weight excluding hydrogens is 256 g/mol. The number of esters is 2. The predicted octanol–water partition coefficient (Wildman–Crippen LogP) is 3.79. The van der Waals surface area contributed by atoms with Crippen LogP contribution in [-0.2, 0) is 19.1 Å². The lowest BCUT2D eigenvalue weighted by atomic mass is 10.1. The Bertz CT molecular complexity index is 284. The Kier molecular flexibility index (Phi) is 13.2. The van der Waals surface area contributed by atoms with E-state index in [2.05, 4.69) is 11.7 Å². The quantitative estimate of drug-likeness (QED) is 0.311. The number of carbonyl (C=O) groups excluding carboxylic acids is 2. The lowest BCUT2D eigenvalue weighted by Crippen LogP contribution is -2.15. The Labute approximate surface area is 122 Å². The number of rotatable bonds is 12. The summed E-state index contributed by atoms with van der Waals surface area (Å²) in [5.74, 6) is -0.998. The second kappa shape index (κ2) is 14.1. The minimum atomic E-state index is -0.517. The molecule has 116 valence electrons.